The van der Waals surface area contributed by atoms with E-state index in [0.29, 0.717) is 23.2 Å². The van der Waals surface area contributed by atoms with Crippen molar-refractivity contribution in [3.05, 3.63) is 147 Å². The number of hydrogen-bond donors (Lipinski definition) is 2. The van der Waals surface area contributed by atoms with Gasteiger partial charge in [-0.05, 0) is 117 Å². The molecule has 0 spiro atoms. The molecule has 2 aliphatic heterocycles. The largest absolute Gasteiger partial charge is 1.00 e. The molecule has 11 nitrogen and oxygen atoms in total. The molecule has 2 N–H and O–H groups in total. The van der Waals surface area contributed by atoms with Gasteiger partial charge in [-0.1, -0.05) is 66.2 Å². The minimum atomic E-state index is -4.44. The number of nitrogens with one attached hydrogen (secondary N) is 2. The average Bonchev–Trinajstić information content (AvgIpc) is 3.22. The van der Waals surface area contributed by atoms with Crippen LogP contribution in [-0.2, 0) is 23.0 Å². The van der Waals surface area contributed by atoms with Gasteiger partial charge in [0.2, 0.25) is 0 Å². The van der Waals surface area contributed by atoms with E-state index in [1.165, 1.54) is 23.3 Å². The summed E-state index contributed by atoms with van der Waals surface area (Å²) in [4.78, 5) is 32.7. The second-order valence-corrected chi connectivity index (χ2v) is 18.3. The number of sulfonamides is 1. The number of amides is 1. The number of nitro groups is 1. The minimum absolute atomic E-state index is 0. The Morgan fingerprint density at radius 2 is 1.71 bits per heavy atom. The van der Waals surface area contributed by atoms with Crippen LogP contribution in [0.2, 0.25) is 5.02 Å². The van der Waals surface area contributed by atoms with E-state index in [9.17, 15) is 23.3 Å². The van der Waals surface area contributed by atoms with E-state index in [4.69, 9.17) is 11.6 Å². The van der Waals surface area contributed by atoms with Gasteiger partial charge < -0.3 is 15.1 Å². The molecule has 0 saturated carbocycles. The maximum absolute atomic E-state index is 13.5. The van der Waals surface area contributed by atoms with Crippen molar-refractivity contribution in [1.82, 2.24) is 14.5 Å². The van der Waals surface area contributed by atoms with Gasteiger partial charge in [0.1, 0.15) is 5.69 Å². The van der Waals surface area contributed by atoms with Gasteiger partial charge in [-0.15, -0.1) is 11.8 Å². The van der Waals surface area contributed by atoms with Crippen molar-refractivity contribution in [3.8, 4) is 11.1 Å². The summed E-state index contributed by atoms with van der Waals surface area (Å²) >= 11 is 7.79. The van der Waals surface area contributed by atoms with Gasteiger partial charge in [0.25, 0.3) is 21.6 Å². The van der Waals surface area contributed by atoms with Crippen LogP contribution in [0.5, 0.6) is 0 Å². The quantitative estimate of drug-likeness (QED) is 0.0628. The molecular formula is C44H47ClN6NaO5S2+. The predicted octanol–water partition coefficient (Wildman–Crippen LogP) is 5.20. The number of rotatable bonds is 15. The maximum Gasteiger partial charge on any atom is 1.00 e. The number of piperazine rings is 1. The summed E-state index contributed by atoms with van der Waals surface area (Å²) in [6.07, 6.45) is 2.36. The SMILES string of the molecule is CN(C)CC[C@H](CSc1ccccc1)Nc1ccc(S(=O)(=O)NC(=O)c2ccc3c(c2)CC[C@@H]2CN(Cc4ccccc4-c4ccc(Cl)cc4)CCN32)cc1[N+](=O)[O-].[Na+]. The molecule has 0 aromatic heterocycles. The monoisotopic (exact) mass is 861 g/mol. The number of benzene rings is 5. The predicted molar refractivity (Wildman–Crippen MR) is 234 cm³/mol. The standard InChI is InChI=1S/C44H47ClN6O5S2.Na/c1-48(2)23-22-36(30-57-38-9-4-3-5-10-38)46-41-20-19-39(27-43(41)51(53)54)58(55,56)47-44(52)33-15-21-42-32(26-33)14-18-37-29-49(24-25-50(37)42)28-34-8-6-7-11-40(34)31-12-16-35(45)17-13-31;/h3-13,15-17,19-21,26-27,36-37,46H,14,18,22-25,28-30H2,1-2H3,(H,47,52);/q;+1/t36-,37-;/m1./s1. The Balaban J connectivity index is 0.00000585. The second-order valence-electron chi connectivity index (χ2n) is 15.1. The van der Waals surface area contributed by atoms with Gasteiger partial charge >= 0.3 is 29.6 Å². The molecule has 302 valence electrons. The minimum Gasteiger partial charge on any atom is -0.376 e. The molecule has 5 aromatic rings. The van der Waals surface area contributed by atoms with Crippen LogP contribution in [0.15, 0.2) is 125 Å². The maximum atomic E-state index is 13.5. The van der Waals surface area contributed by atoms with Crippen LogP contribution in [0, 0.1) is 10.1 Å². The number of halogens is 1. The van der Waals surface area contributed by atoms with Gasteiger partial charge in [-0.2, -0.15) is 0 Å². The summed E-state index contributed by atoms with van der Waals surface area (Å²) in [5.41, 5.74) is 5.69. The number of hydrogen-bond acceptors (Lipinski definition) is 10. The molecule has 59 heavy (non-hydrogen) atoms. The number of fused-ring (bicyclic) bond motifs is 3. The van der Waals surface area contributed by atoms with E-state index in [0.717, 1.165) is 73.3 Å². The fraction of sp³-hybridized carbons (Fsp3) is 0.295. The number of carbonyl (C=O) groups is 1. The number of nitro benzene ring substituents is 1. The third-order valence-electron chi connectivity index (χ3n) is 10.7. The van der Waals surface area contributed by atoms with E-state index in [2.05, 4.69) is 56.2 Å². The molecule has 1 fully saturated rings. The molecule has 1 amide bonds. The third-order valence-corrected chi connectivity index (χ3v) is 13.5. The van der Waals surface area contributed by atoms with Crippen molar-refractivity contribution in [1.29, 1.82) is 0 Å². The van der Waals surface area contributed by atoms with E-state index >= 15 is 0 Å². The van der Waals surface area contributed by atoms with Crippen molar-refractivity contribution in [3.63, 3.8) is 0 Å². The molecule has 0 aliphatic carbocycles. The van der Waals surface area contributed by atoms with Crippen molar-refractivity contribution in [2.75, 3.05) is 56.2 Å². The molecule has 0 bridgehead atoms. The molecule has 2 aliphatic rings. The van der Waals surface area contributed by atoms with E-state index in [-0.39, 0.29) is 57.4 Å². The molecule has 2 atom stereocenters. The molecule has 5 aromatic carbocycles. The van der Waals surface area contributed by atoms with Crippen LogP contribution in [0.1, 0.15) is 34.3 Å². The molecule has 7 rings (SSSR count). The van der Waals surface area contributed by atoms with Crippen molar-refractivity contribution < 1.29 is 47.7 Å². The van der Waals surface area contributed by atoms with Gasteiger partial charge in [0, 0.05) is 71.3 Å². The topological polar surface area (TPSA) is 128 Å². The first kappa shape index (κ1) is 44.6. The summed E-state index contributed by atoms with van der Waals surface area (Å²) in [7, 11) is -0.509. The fourth-order valence-corrected chi connectivity index (χ4v) is 9.82. The van der Waals surface area contributed by atoms with Crippen LogP contribution < -0.4 is 44.5 Å². The first-order valence-electron chi connectivity index (χ1n) is 19.3. The molecule has 0 unspecified atom stereocenters. The summed E-state index contributed by atoms with van der Waals surface area (Å²) in [5.74, 6) is -0.149. The number of carbonyl (C=O) groups excluding carboxylic acids is 1. The number of anilines is 2. The number of nitrogens with zero attached hydrogens (tertiary/aromatic N) is 4. The molecule has 15 heteroatoms. The van der Waals surface area contributed by atoms with E-state index in [1.54, 1.807) is 23.9 Å². The molecule has 0 radical (unpaired) electrons. The van der Waals surface area contributed by atoms with E-state index in [1.807, 2.05) is 67.5 Å². The van der Waals surface area contributed by atoms with Gasteiger partial charge in [0.15, 0.2) is 0 Å². The molecular weight excluding hydrogens is 815 g/mol. The summed E-state index contributed by atoms with van der Waals surface area (Å²) in [6, 6.07) is 35.5. The first-order chi connectivity index (χ1) is 27.9. The zero-order valence-corrected chi connectivity index (χ0v) is 37.9. The summed E-state index contributed by atoms with van der Waals surface area (Å²) in [6.45, 7) is 4.18. The zero-order chi connectivity index (χ0) is 40.8. The summed E-state index contributed by atoms with van der Waals surface area (Å²) < 4.78 is 29.2. The number of aryl methyl sites for hydroxylation is 1. The van der Waals surface area contributed by atoms with Crippen LogP contribution in [-0.4, -0.2) is 87.2 Å². The Labute approximate surface area is 378 Å². The van der Waals surface area contributed by atoms with Crippen molar-refractivity contribution in [2.24, 2.45) is 0 Å². The van der Waals surface area contributed by atoms with Crippen molar-refractivity contribution >= 4 is 56.4 Å². The molecule has 2 heterocycles. The fourth-order valence-electron chi connectivity index (χ4n) is 7.70. The third kappa shape index (κ3) is 11.3. The zero-order valence-electron chi connectivity index (χ0n) is 33.5. The molecule has 1 saturated heterocycles. The second kappa shape index (κ2) is 20.1. The van der Waals surface area contributed by atoms with Crippen molar-refractivity contribution in [2.45, 2.75) is 47.7 Å². The first-order valence-corrected chi connectivity index (χ1v) is 22.2. The van der Waals surface area contributed by atoms with Crippen LogP contribution in [0.25, 0.3) is 11.1 Å². The van der Waals surface area contributed by atoms with Crippen LogP contribution in [0.4, 0.5) is 17.1 Å². The Morgan fingerprint density at radius 1 is 0.966 bits per heavy atom. The van der Waals surface area contributed by atoms with E-state index < -0.39 is 20.9 Å². The Bertz CT molecular complexity index is 2370. The van der Waals surface area contributed by atoms with Crippen LogP contribution >= 0.6 is 23.4 Å². The van der Waals surface area contributed by atoms with Crippen LogP contribution in [0.3, 0.4) is 0 Å². The Hall–Kier alpha value is -3.92. The van der Waals surface area contributed by atoms with Gasteiger partial charge in [-0.25, -0.2) is 13.1 Å². The Kier molecular flexibility index (Phi) is 15.2. The summed E-state index contributed by atoms with van der Waals surface area (Å²) in [5, 5.41) is 16.2. The average molecular weight is 862 g/mol. The number of thioether (sulfide) groups is 1. The van der Waals surface area contributed by atoms with Gasteiger partial charge in [-0.3, -0.25) is 19.8 Å². The van der Waals surface area contributed by atoms with Gasteiger partial charge in [0.05, 0.1) is 9.82 Å². The Morgan fingerprint density at radius 3 is 2.46 bits per heavy atom. The smallest absolute Gasteiger partial charge is 0.376 e. The normalized spacial score (nSPS) is 15.7.